The van der Waals surface area contributed by atoms with Crippen LogP contribution in [0.1, 0.15) is 18.4 Å². The lowest BCUT2D eigenvalue weighted by atomic mass is 10.1. The van der Waals surface area contributed by atoms with E-state index in [1.807, 2.05) is 23.1 Å². The second kappa shape index (κ2) is 11.6. The highest BCUT2D eigenvalue weighted by molar-refractivity contribution is 5.85. The van der Waals surface area contributed by atoms with E-state index in [0.29, 0.717) is 6.54 Å². The van der Waals surface area contributed by atoms with Gasteiger partial charge < -0.3 is 19.7 Å². The second-order valence-corrected chi connectivity index (χ2v) is 6.95. The van der Waals surface area contributed by atoms with E-state index in [4.69, 9.17) is 9.47 Å². The molecule has 2 aliphatic rings. The Labute approximate surface area is 174 Å². The van der Waals surface area contributed by atoms with Gasteiger partial charge in [0.2, 0.25) is 5.91 Å². The van der Waals surface area contributed by atoms with Gasteiger partial charge in [-0.3, -0.25) is 9.69 Å². The third-order valence-electron chi connectivity index (χ3n) is 4.95. The van der Waals surface area contributed by atoms with Gasteiger partial charge in [-0.1, -0.05) is 0 Å². The highest BCUT2D eigenvalue weighted by Crippen LogP contribution is 2.27. The van der Waals surface area contributed by atoms with E-state index < -0.39 is 0 Å². The molecule has 27 heavy (non-hydrogen) atoms. The van der Waals surface area contributed by atoms with Crippen LogP contribution < -0.4 is 14.8 Å². The number of nitrogens with one attached hydrogen (secondary N) is 1. The molecule has 1 aliphatic carbocycles. The molecule has 3 rings (SSSR count). The number of carbonyl (C=O) groups excluding carboxylic acids is 1. The number of hydrogen-bond acceptors (Lipinski definition) is 5. The molecular weight excluding hydrogens is 389 g/mol. The van der Waals surface area contributed by atoms with E-state index in [-0.39, 0.29) is 30.7 Å². The zero-order valence-electron chi connectivity index (χ0n) is 16.1. The molecule has 1 saturated carbocycles. The molecule has 0 aromatic heterocycles. The number of rotatable bonds is 8. The van der Waals surface area contributed by atoms with E-state index in [2.05, 4.69) is 10.2 Å². The quantitative estimate of drug-likeness (QED) is 0.699. The maximum absolute atomic E-state index is 12.2. The Kier molecular flexibility index (Phi) is 10.2. The molecule has 1 N–H and O–H groups in total. The van der Waals surface area contributed by atoms with Crippen molar-refractivity contribution in [1.29, 1.82) is 0 Å². The summed E-state index contributed by atoms with van der Waals surface area (Å²) in [5.74, 6) is 2.66. The fourth-order valence-electron chi connectivity index (χ4n) is 3.19. The third kappa shape index (κ3) is 7.37. The SMILES string of the molecule is COc1cc(CN2CCN(C(=O)CNCC3CC3)CC2)cc(OC)c1.Cl.Cl. The van der Waals surface area contributed by atoms with Gasteiger partial charge in [-0.15, -0.1) is 24.8 Å². The van der Waals surface area contributed by atoms with Crippen LogP contribution in [0.5, 0.6) is 11.5 Å². The van der Waals surface area contributed by atoms with Crippen LogP contribution >= 0.6 is 24.8 Å². The predicted molar refractivity (Wildman–Crippen MR) is 111 cm³/mol. The number of halogens is 2. The average molecular weight is 420 g/mol. The molecule has 0 unspecified atom stereocenters. The molecule has 0 spiro atoms. The van der Waals surface area contributed by atoms with Crippen molar-refractivity contribution in [2.45, 2.75) is 19.4 Å². The van der Waals surface area contributed by atoms with Gasteiger partial charge in [-0.05, 0) is 43.0 Å². The van der Waals surface area contributed by atoms with Crippen LogP contribution in [0.4, 0.5) is 0 Å². The largest absolute Gasteiger partial charge is 0.497 e. The topological polar surface area (TPSA) is 54.0 Å². The summed E-state index contributed by atoms with van der Waals surface area (Å²) in [6.45, 7) is 5.69. The molecule has 154 valence electrons. The van der Waals surface area contributed by atoms with Gasteiger partial charge in [-0.25, -0.2) is 0 Å². The Morgan fingerprint density at radius 2 is 1.63 bits per heavy atom. The van der Waals surface area contributed by atoms with Crippen LogP contribution in [0.15, 0.2) is 18.2 Å². The summed E-state index contributed by atoms with van der Waals surface area (Å²) in [5, 5.41) is 3.29. The van der Waals surface area contributed by atoms with Gasteiger partial charge in [-0.2, -0.15) is 0 Å². The van der Waals surface area contributed by atoms with E-state index >= 15 is 0 Å². The highest BCUT2D eigenvalue weighted by atomic mass is 35.5. The smallest absolute Gasteiger partial charge is 0.236 e. The summed E-state index contributed by atoms with van der Waals surface area (Å²) in [5.41, 5.74) is 1.17. The van der Waals surface area contributed by atoms with Gasteiger partial charge in [0, 0.05) is 38.8 Å². The van der Waals surface area contributed by atoms with Crippen molar-refractivity contribution in [1.82, 2.24) is 15.1 Å². The maximum atomic E-state index is 12.2. The van der Waals surface area contributed by atoms with Gasteiger partial charge >= 0.3 is 0 Å². The minimum absolute atomic E-state index is 0. The van der Waals surface area contributed by atoms with E-state index in [0.717, 1.165) is 56.7 Å². The molecule has 2 fully saturated rings. The first-order valence-corrected chi connectivity index (χ1v) is 9.10. The van der Waals surface area contributed by atoms with Crippen LogP contribution in [0.25, 0.3) is 0 Å². The van der Waals surface area contributed by atoms with Crippen molar-refractivity contribution < 1.29 is 14.3 Å². The summed E-state index contributed by atoms with van der Waals surface area (Å²) < 4.78 is 10.7. The van der Waals surface area contributed by atoms with Crippen LogP contribution in [0.3, 0.4) is 0 Å². The first-order valence-electron chi connectivity index (χ1n) is 9.10. The van der Waals surface area contributed by atoms with Crippen molar-refractivity contribution in [2.75, 3.05) is 53.5 Å². The minimum atomic E-state index is 0. The van der Waals surface area contributed by atoms with Crippen molar-refractivity contribution in [3.63, 3.8) is 0 Å². The zero-order valence-corrected chi connectivity index (χ0v) is 17.7. The number of methoxy groups -OCH3 is 2. The number of amides is 1. The Bertz CT molecular complexity index is 569. The predicted octanol–water partition coefficient (Wildman–Crippen LogP) is 2.19. The van der Waals surface area contributed by atoms with Crippen LogP contribution in [0, 0.1) is 5.92 Å². The summed E-state index contributed by atoms with van der Waals surface area (Å²) in [6, 6.07) is 5.97. The molecule has 6 nitrogen and oxygen atoms in total. The first kappa shape index (κ1) is 23.8. The van der Waals surface area contributed by atoms with Crippen molar-refractivity contribution in [3.8, 4) is 11.5 Å². The summed E-state index contributed by atoms with van der Waals surface area (Å²) in [4.78, 5) is 16.6. The van der Waals surface area contributed by atoms with E-state index in [1.165, 1.54) is 18.4 Å². The van der Waals surface area contributed by atoms with Crippen molar-refractivity contribution >= 4 is 30.7 Å². The standard InChI is InChI=1S/C19H29N3O3.2ClH/c1-24-17-9-16(10-18(11-17)25-2)14-21-5-7-22(8-6-21)19(23)13-20-12-15-3-4-15;;/h9-11,15,20H,3-8,12-14H2,1-2H3;2*1H. The summed E-state index contributed by atoms with van der Waals surface area (Å²) in [6.07, 6.45) is 2.63. The molecule has 1 saturated heterocycles. The molecule has 1 aromatic rings. The van der Waals surface area contributed by atoms with Gasteiger partial charge in [0.1, 0.15) is 11.5 Å². The number of carbonyl (C=O) groups is 1. The fraction of sp³-hybridized carbons (Fsp3) is 0.632. The zero-order chi connectivity index (χ0) is 17.6. The van der Waals surface area contributed by atoms with E-state index in [1.54, 1.807) is 14.2 Å². The first-order chi connectivity index (χ1) is 12.2. The molecule has 1 aliphatic heterocycles. The normalized spacial score (nSPS) is 16.9. The number of piperazine rings is 1. The van der Waals surface area contributed by atoms with Gasteiger partial charge in [0.25, 0.3) is 0 Å². The lowest BCUT2D eigenvalue weighted by Gasteiger charge is -2.35. The number of benzene rings is 1. The number of hydrogen-bond donors (Lipinski definition) is 1. The molecule has 1 heterocycles. The molecule has 1 aromatic carbocycles. The Balaban J connectivity index is 0.00000182. The Hall–Kier alpha value is -1.21. The van der Waals surface area contributed by atoms with Crippen LogP contribution in [-0.2, 0) is 11.3 Å². The van der Waals surface area contributed by atoms with Crippen LogP contribution in [-0.4, -0.2) is 69.2 Å². The maximum Gasteiger partial charge on any atom is 0.236 e. The van der Waals surface area contributed by atoms with Crippen molar-refractivity contribution in [3.05, 3.63) is 23.8 Å². The van der Waals surface area contributed by atoms with Gasteiger partial charge in [0.05, 0.1) is 20.8 Å². The van der Waals surface area contributed by atoms with Crippen molar-refractivity contribution in [2.24, 2.45) is 5.92 Å². The molecule has 0 bridgehead atoms. The fourth-order valence-corrected chi connectivity index (χ4v) is 3.19. The lowest BCUT2D eigenvalue weighted by molar-refractivity contribution is -0.132. The average Bonchev–Trinajstić information content (AvgIpc) is 3.46. The monoisotopic (exact) mass is 419 g/mol. The Morgan fingerprint density at radius 1 is 1.04 bits per heavy atom. The molecule has 0 atom stereocenters. The molecular formula is C19H31Cl2N3O3. The third-order valence-corrected chi connectivity index (χ3v) is 4.95. The summed E-state index contributed by atoms with van der Waals surface area (Å²) in [7, 11) is 3.33. The van der Waals surface area contributed by atoms with Crippen LogP contribution in [0.2, 0.25) is 0 Å². The lowest BCUT2D eigenvalue weighted by Crippen LogP contribution is -2.50. The summed E-state index contributed by atoms with van der Waals surface area (Å²) >= 11 is 0. The van der Waals surface area contributed by atoms with Gasteiger partial charge in [0.15, 0.2) is 0 Å². The minimum Gasteiger partial charge on any atom is -0.497 e. The molecule has 1 amide bonds. The van der Waals surface area contributed by atoms with E-state index in [9.17, 15) is 4.79 Å². The second-order valence-electron chi connectivity index (χ2n) is 6.95. The highest BCUT2D eigenvalue weighted by Gasteiger charge is 2.23. The number of ether oxygens (including phenoxy) is 2. The molecule has 8 heteroatoms. The Morgan fingerprint density at radius 3 is 2.15 bits per heavy atom. The number of nitrogens with zero attached hydrogens (tertiary/aromatic N) is 2. The molecule has 0 radical (unpaired) electrons.